The molecule has 0 radical (unpaired) electrons. The zero-order valence-electron chi connectivity index (χ0n) is 11.5. The summed E-state index contributed by atoms with van der Waals surface area (Å²) >= 11 is 0. The molecule has 0 saturated carbocycles. The number of nitro benzene ring substituents is 1. The Morgan fingerprint density at radius 3 is 2.55 bits per heavy atom. The zero-order chi connectivity index (χ0) is 16.7. The summed E-state index contributed by atoms with van der Waals surface area (Å²) < 4.78 is 48.2. The fourth-order valence-corrected chi connectivity index (χ4v) is 2.08. The van der Waals surface area contributed by atoms with E-state index < -0.39 is 28.3 Å². The second kappa shape index (κ2) is 5.32. The van der Waals surface area contributed by atoms with Gasteiger partial charge in [-0.05, 0) is 19.9 Å². The Kier molecular flexibility index (Phi) is 3.82. The number of rotatable bonds is 3. The minimum atomic E-state index is -4.77. The standard InChI is InChI=1S/C13H10F3NO5/c1-3-21-12(18)10-6(2)22-9-5-7(13(14,15)16)4-8(11(9)10)17(19)20/h4-5H,3H2,1-2H3. The molecule has 9 heteroatoms. The number of halogens is 3. The summed E-state index contributed by atoms with van der Waals surface area (Å²) in [6.07, 6.45) is -4.77. The molecule has 0 atom stereocenters. The summed E-state index contributed by atoms with van der Waals surface area (Å²) in [7, 11) is 0. The normalized spacial score (nSPS) is 11.7. The van der Waals surface area contributed by atoms with Gasteiger partial charge in [0.05, 0.1) is 17.1 Å². The van der Waals surface area contributed by atoms with Crippen LogP contribution in [0, 0.1) is 17.0 Å². The number of nitro groups is 1. The van der Waals surface area contributed by atoms with E-state index in [4.69, 9.17) is 9.15 Å². The minimum Gasteiger partial charge on any atom is -0.462 e. The number of hydrogen-bond donors (Lipinski definition) is 0. The number of fused-ring (bicyclic) bond motifs is 1. The molecule has 0 aliphatic carbocycles. The molecule has 0 aliphatic rings. The molecule has 118 valence electrons. The number of esters is 1. The van der Waals surface area contributed by atoms with Crippen molar-refractivity contribution in [1.82, 2.24) is 0 Å². The van der Waals surface area contributed by atoms with Crippen molar-refractivity contribution in [2.75, 3.05) is 6.61 Å². The minimum absolute atomic E-state index is 0.0133. The monoisotopic (exact) mass is 317 g/mol. The Bertz CT molecular complexity index is 763. The van der Waals surface area contributed by atoms with E-state index >= 15 is 0 Å². The number of benzene rings is 1. The predicted octanol–water partition coefficient (Wildman–Crippen LogP) is 3.84. The number of non-ortho nitro benzene ring substituents is 1. The van der Waals surface area contributed by atoms with Gasteiger partial charge in [-0.2, -0.15) is 13.2 Å². The van der Waals surface area contributed by atoms with E-state index in [1.165, 1.54) is 13.8 Å². The maximum atomic E-state index is 12.8. The van der Waals surface area contributed by atoms with Crippen molar-refractivity contribution in [2.45, 2.75) is 20.0 Å². The van der Waals surface area contributed by atoms with Gasteiger partial charge in [0, 0.05) is 6.07 Å². The lowest BCUT2D eigenvalue weighted by Crippen LogP contribution is -2.08. The van der Waals surface area contributed by atoms with E-state index in [1.54, 1.807) is 0 Å². The average Bonchev–Trinajstić information content (AvgIpc) is 2.72. The van der Waals surface area contributed by atoms with Crippen molar-refractivity contribution in [2.24, 2.45) is 0 Å². The van der Waals surface area contributed by atoms with Gasteiger partial charge in [-0.25, -0.2) is 4.79 Å². The zero-order valence-corrected chi connectivity index (χ0v) is 11.5. The number of hydrogen-bond acceptors (Lipinski definition) is 5. The fourth-order valence-electron chi connectivity index (χ4n) is 2.08. The molecule has 0 N–H and O–H groups in total. The molecule has 1 heterocycles. The van der Waals surface area contributed by atoms with Gasteiger partial charge in [-0.1, -0.05) is 0 Å². The molecule has 0 bridgehead atoms. The number of furan rings is 1. The first-order valence-electron chi connectivity index (χ1n) is 6.12. The second-order valence-corrected chi connectivity index (χ2v) is 4.38. The Morgan fingerprint density at radius 1 is 1.41 bits per heavy atom. The van der Waals surface area contributed by atoms with Gasteiger partial charge in [0.15, 0.2) is 0 Å². The Labute approximate surface area is 121 Å². The SMILES string of the molecule is CCOC(=O)c1c(C)oc2cc(C(F)(F)F)cc([N+](=O)[O-])c12. The largest absolute Gasteiger partial charge is 0.462 e. The third-order valence-electron chi connectivity index (χ3n) is 2.95. The van der Waals surface area contributed by atoms with Crippen LogP contribution in [0.4, 0.5) is 18.9 Å². The highest BCUT2D eigenvalue weighted by Gasteiger charge is 2.36. The molecule has 0 spiro atoms. The average molecular weight is 317 g/mol. The maximum Gasteiger partial charge on any atom is 0.416 e. The van der Waals surface area contributed by atoms with E-state index in [0.717, 1.165) is 0 Å². The molecule has 2 rings (SSSR count). The quantitative estimate of drug-likeness (QED) is 0.488. The molecule has 0 saturated heterocycles. The van der Waals surface area contributed by atoms with Crippen molar-refractivity contribution in [1.29, 1.82) is 0 Å². The summed E-state index contributed by atoms with van der Waals surface area (Å²) in [4.78, 5) is 22.0. The Balaban J connectivity index is 2.83. The molecule has 22 heavy (non-hydrogen) atoms. The highest BCUT2D eigenvalue weighted by atomic mass is 19.4. The molecule has 0 amide bonds. The van der Waals surface area contributed by atoms with Crippen molar-refractivity contribution in [3.8, 4) is 0 Å². The van der Waals surface area contributed by atoms with Crippen LogP contribution in [0.3, 0.4) is 0 Å². The summed E-state index contributed by atoms with van der Waals surface area (Å²) in [6.45, 7) is 2.87. The lowest BCUT2D eigenvalue weighted by molar-refractivity contribution is -0.383. The van der Waals surface area contributed by atoms with Gasteiger partial charge in [0.2, 0.25) is 0 Å². The van der Waals surface area contributed by atoms with E-state index in [1.807, 2.05) is 0 Å². The van der Waals surface area contributed by atoms with Crippen LogP contribution < -0.4 is 0 Å². The van der Waals surface area contributed by atoms with Crippen LogP contribution in [-0.2, 0) is 10.9 Å². The van der Waals surface area contributed by atoms with Crippen LogP contribution in [0.15, 0.2) is 16.5 Å². The van der Waals surface area contributed by atoms with Crippen molar-refractivity contribution < 1.29 is 32.0 Å². The first-order valence-corrected chi connectivity index (χ1v) is 6.12. The van der Waals surface area contributed by atoms with Gasteiger partial charge in [0.25, 0.3) is 5.69 Å². The number of carbonyl (C=O) groups excluding carboxylic acids is 1. The molecule has 0 unspecified atom stereocenters. The molecular formula is C13H10F3NO5. The Morgan fingerprint density at radius 2 is 2.05 bits per heavy atom. The summed E-state index contributed by atoms with van der Waals surface area (Å²) in [5, 5.41) is 10.8. The van der Waals surface area contributed by atoms with Crippen LogP contribution in [0.1, 0.15) is 28.6 Å². The first-order chi connectivity index (χ1) is 10.2. The lowest BCUT2D eigenvalue weighted by atomic mass is 10.1. The molecule has 6 nitrogen and oxygen atoms in total. The number of ether oxygens (including phenoxy) is 1. The molecule has 2 aromatic rings. The summed E-state index contributed by atoms with van der Waals surface area (Å²) in [5.74, 6) is -0.933. The van der Waals surface area contributed by atoms with Gasteiger partial charge < -0.3 is 9.15 Å². The Hall–Kier alpha value is -2.58. The van der Waals surface area contributed by atoms with Crippen LogP contribution >= 0.6 is 0 Å². The van der Waals surface area contributed by atoms with E-state index in [2.05, 4.69) is 0 Å². The summed E-state index contributed by atoms with van der Waals surface area (Å²) in [5.41, 5.74) is -2.71. The molecular weight excluding hydrogens is 307 g/mol. The number of aryl methyl sites for hydroxylation is 1. The first kappa shape index (κ1) is 15.8. The van der Waals surface area contributed by atoms with Crippen molar-refractivity contribution in [3.63, 3.8) is 0 Å². The van der Waals surface area contributed by atoms with Crippen molar-refractivity contribution in [3.05, 3.63) is 39.1 Å². The number of nitrogens with zero attached hydrogens (tertiary/aromatic N) is 1. The van der Waals surface area contributed by atoms with Gasteiger partial charge >= 0.3 is 12.1 Å². The maximum absolute atomic E-state index is 12.8. The molecule has 1 aromatic carbocycles. The third kappa shape index (κ3) is 2.61. The fraction of sp³-hybridized carbons (Fsp3) is 0.308. The van der Waals surface area contributed by atoms with E-state index in [9.17, 15) is 28.1 Å². The van der Waals surface area contributed by atoms with Gasteiger partial charge in [-0.3, -0.25) is 10.1 Å². The molecule has 1 aromatic heterocycles. The van der Waals surface area contributed by atoms with Crippen LogP contribution in [0.25, 0.3) is 11.0 Å². The highest BCUT2D eigenvalue weighted by Crippen LogP contribution is 2.39. The third-order valence-corrected chi connectivity index (χ3v) is 2.95. The number of carbonyl (C=O) groups is 1. The van der Waals surface area contributed by atoms with Gasteiger partial charge in [-0.15, -0.1) is 0 Å². The van der Waals surface area contributed by atoms with E-state index in [0.29, 0.717) is 12.1 Å². The smallest absolute Gasteiger partial charge is 0.416 e. The molecule has 0 fully saturated rings. The van der Waals surface area contributed by atoms with Crippen LogP contribution in [0.5, 0.6) is 0 Å². The summed E-state index contributed by atoms with van der Waals surface area (Å²) in [6, 6.07) is 0.998. The van der Waals surface area contributed by atoms with E-state index in [-0.39, 0.29) is 28.9 Å². The topological polar surface area (TPSA) is 82.6 Å². The van der Waals surface area contributed by atoms with Gasteiger partial charge in [0.1, 0.15) is 22.3 Å². The van der Waals surface area contributed by atoms with Crippen LogP contribution in [-0.4, -0.2) is 17.5 Å². The molecule has 0 aliphatic heterocycles. The van der Waals surface area contributed by atoms with Crippen LogP contribution in [0.2, 0.25) is 0 Å². The lowest BCUT2D eigenvalue weighted by Gasteiger charge is -2.06. The predicted molar refractivity (Wildman–Crippen MR) is 68.6 cm³/mol. The second-order valence-electron chi connectivity index (χ2n) is 4.38. The number of alkyl halides is 3. The van der Waals surface area contributed by atoms with Crippen molar-refractivity contribution >= 4 is 22.6 Å². The highest BCUT2D eigenvalue weighted by molar-refractivity contribution is 6.08.